The van der Waals surface area contributed by atoms with E-state index in [0.717, 1.165) is 4.47 Å². The Balaban J connectivity index is 1.71. The molecule has 0 saturated heterocycles. The van der Waals surface area contributed by atoms with Crippen LogP contribution < -0.4 is 10.1 Å². The quantitative estimate of drug-likeness (QED) is 0.562. The Hall–Kier alpha value is -2.41. The van der Waals surface area contributed by atoms with Crippen molar-refractivity contribution in [2.75, 3.05) is 13.2 Å². The summed E-state index contributed by atoms with van der Waals surface area (Å²) in [5.41, 5.74) is 0.447. The van der Waals surface area contributed by atoms with Crippen LogP contribution in [0.3, 0.4) is 0 Å². The van der Waals surface area contributed by atoms with Gasteiger partial charge in [0.25, 0.3) is 5.91 Å². The molecule has 0 heterocycles. The molecule has 1 amide bonds. The van der Waals surface area contributed by atoms with Crippen molar-refractivity contribution >= 4 is 27.8 Å². The van der Waals surface area contributed by atoms with E-state index in [1.807, 2.05) is 0 Å². The first-order valence-corrected chi connectivity index (χ1v) is 8.36. The Bertz CT molecular complexity index is 719. The van der Waals surface area contributed by atoms with Gasteiger partial charge in [0, 0.05) is 10.0 Å². The minimum Gasteiger partial charge on any atom is -0.490 e. The maximum atomic E-state index is 12.8. The summed E-state index contributed by atoms with van der Waals surface area (Å²) in [6, 6.07) is 11.5. The number of esters is 1. The molecule has 7 heteroatoms. The highest BCUT2D eigenvalue weighted by molar-refractivity contribution is 9.10. The Morgan fingerprint density at radius 1 is 1.08 bits per heavy atom. The molecule has 132 valence electrons. The van der Waals surface area contributed by atoms with Gasteiger partial charge in [0.05, 0.1) is 0 Å². The van der Waals surface area contributed by atoms with E-state index in [0.29, 0.717) is 11.3 Å². The third-order valence-corrected chi connectivity index (χ3v) is 3.75. The van der Waals surface area contributed by atoms with E-state index in [1.54, 1.807) is 31.2 Å². The van der Waals surface area contributed by atoms with Gasteiger partial charge < -0.3 is 14.8 Å². The number of halogens is 2. The fourth-order valence-corrected chi connectivity index (χ4v) is 2.16. The monoisotopic (exact) mass is 409 g/mol. The normalized spacial score (nSPS) is 11.5. The number of ether oxygens (including phenoxy) is 2. The number of carbonyl (C=O) groups excluding carboxylic acids is 2. The van der Waals surface area contributed by atoms with Crippen LogP contribution in [0.15, 0.2) is 53.0 Å². The largest absolute Gasteiger partial charge is 0.490 e. The zero-order chi connectivity index (χ0) is 18.2. The van der Waals surface area contributed by atoms with Gasteiger partial charge in [-0.3, -0.25) is 4.79 Å². The molecule has 2 rings (SSSR count). The van der Waals surface area contributed by atoms with Crippen molar-refractivity contribution in [3.05, 3.63) is 64.4 Å². The van der Waals surface area contributed by atoms with Crippen LogP contribution in [0.1, 0.15) is 17.3 Å². The van der Waals surface area contributed by atoms with Crippen molar-refractivity contribution < 1.29 is 23.5 Å². The van der Waals surface area contributed by atoms with E-state index in [1.165, 1.54) is 24.3 Å². The fourth-order valence-electron chi connectivity index (χ4n) is 1.90. The summed E-state index contributed by atoms with van der Waals surface area (Å²) in [5, 5.41) is 2.57. The van der Waals surface area contributed by atoms with Gasteiger partial charge in [-0.2, -0.15) is 0 Å². The second-order valence-electron chi connectivity index (χ2n) is 5.17. The summed E-state index contributed by atoms with van der Waals surface area (Å²) in [4.78, 5) is 23.9. The lowest BCUT2D eigenvalue weighted by Gasteiger charge is -2.14. The van der Waals surface area contributed by atoms with Gasteiger partial charge in [-0.1, -0.05) is 15.9 Å². The van der Waals surface area contributed by atoms with Crippen LogP contribution in [0, 0.1) is 5.82 Å². The first kappa shape index (κ1) is 18.9. The van der Waals surface area contributed by atoms with Crippen molar-refractivity contribution in [1.82, 2.24) is 5.32 Å². The Labute approximate surface area is 153 Å². The van der Waals surface area contributed by atoms with Gasteiger partial charge in [-0.05, 0) is 55.5 Å². The molecule has 0 aliphatic carbocycles. The summed E-state index contributed by atoms with van der Waals surface area (Å²) < 4.78 is 24.0. The molecule has 0 aromatic heterocycles. The maximum Gasteiger partial charge on any atom is 0.328 e. The van der Waals surface area contributed by atoms with Crippen LogP contribution in [0.2, 0.25) is 0 Å². The maximum absolute atomic E-state index is 12.8. The first-order chi connectivity index (χ1) is 12.0. The van der Waals surface area contributed by atoms with E-state index >= 15 is 0 Å². The van der Waals surface area contributed by atoms with E-state index in [2.05, 4.69) is 21.2 Å². The molecule has 0 aliphatic rings. The lowest BCUT2D eigenvalue weighted by atomic mass is 10.2. The van der Waals surface area contributed by atoms with Crippen LogP contribution in [0.4, 0.5) is 4.39 Å². The molecule has 1 atom stereocenters. The zero-order valence-corrected chi connectivity index (χ0v) is 15.1. The highest BCUT2D eigenvalue weighted by Gasteiger charge is 2.17. The summed E-state index contributed by atoms with van der Waals surface area (Å²) in [6.07, 6.45) is 0. The molecular weight excluding hydrogens is 393 g/mol. The third kappa shape index (κ3) is 6.19. The highest BCUT2D eigenvalue weighted by Crippen LogP contribution is 2.11. The topological polar surface area (TPSA) is 64.6 Å². The molecule has 0 radical (unpaired) electrons. The molecule has 0 fully saturated rings. The molecule has 5 nitrogen and oxygen atoms in total. The SMILES string of the molecule is C[C@H](NC(=O)c1ccc(Br)cc1)C(=O)OCCOc1ccc(F)cc1. The Morgan fingerprint density at radius 2 is 1.72 bits per heavy atom. The van der Waals surface area contributed by atoms with Crippen LogP contribution >= 0.6 is 15.9 Å². The van der Waals surface area contributed by atoms with Gasteiger partial charge in [-0.15, -0.1) is 0 Å². The van der Waals surface area contributed by atoms with E-state index in [4.69, 9.17) is 9.47 Å². The minimum atomic E-state index is -0.790. The van der Waals surface area contributed by atoms with Crippen LogP contribution in [-0.4, -0.2) is 31.1 Å². The lowest BCUT2D eigenvalue weighted by molar-refractivity contribution is -0.146. The first-order valence-electron chi connectivity index (χ1n) is 7.57. The van der Waals surface area contributed by atoms with Crippen molar-refractivity contribution in [2.24, 2.45) is 0 Å². The Kier molecular flexibility index (Phi) is 6.94. The number of hydrogen-bond acceptors (Lipinski definition) is 4. The third-order valence-electron chi connectivity index (χ3n) is 3.22. The number of hydrogen-bond donors (Lipinski definition) is 1. The number of carbonyl (C=O) groups is 2. The van der Waals surface area contributed by atoms with Crippen molar-refractivity contribution in [1.29, 1.82) is 0 Å². The predicted octanol–water partition coefficient (Wildman–Crippen LogP) is 3.33. The number of amides is 1. The van der Waals surface area contributed by atoms with Crippen molar-refractivity contribution in [2.45, 2.75) is 13.0 Å². The molecule has 2 aromatic rings. The van der Waals surface area contributed by atoms with Crippen molar-refractivity contribution in [3.63, 3.8) is 0 Å². The molecule has 0 bridgehead atoms. The number of nitrogens with one attached hydrogen (secondary N) is 1. The summed E-state index contributed by atoms with van der Waals surface area (Å²) in [6.45, 7) is 1.69. The summed E-state index contributed by atoms with van der Waals surface area (Å²) in [5.74, 6) is -0.796. The van der Waals surface area contributed by atoms with Crippen LogP contribution in [0.25, 0.3) is 0 Å². The average molecular weight is 410 g/mol. The van der Waals surface area contributed by atoms with E-state index in [9.17, 15) is 14.0 Å². The molecule has 0 spiro atoms. The summed E-state index contributed by atoms with van der Waals surface area (Å²) in [7, 11) is 0. The van der Waals surface area contributed by atoms with Gasteiger partial charge >= 0.3 is 5.97 Å². The second kappa shape index (κ2) is 9.17. The smallest absolute Gasteiger partial charge is 0.328 e. The van der Waals surface area contributed by atoms with Gasteiger partial charge in [0.2, 0.25) is 0 Å². The second-order valence-corrected chi connectivity index (χ2v) is 6.09. The molecule has 0 unspecified atom stereocenters. The predicted molar refractivity (Wildman–Crippen MR) is 93.9 cm³/mol. The number of benzene rings is 2. The molecule has 2 aromatic carbocycles. The molecule has 0 aliphatic heterocycles. The standard InChI is InChI=1S/C18H17BrFNO4/c1-12(21-17(22)13-2-4-14(19)5-3-13)18(23)25-11-10-24-16-8-6-15(20)7-9-16/h2-9,12H,10-11H2,1H3,(H,21,22)/t12-/m0/s1. The Morgan fingerprint density at radius 3 is 2.36 bits per heavy atom. The lowest BCUT2D eigenvalue weighted by Crippen LogP contribution is -2.39. The average Bonchev–Trinajstić information content (AvgIpc) is 2.60. The minimum absolute atomic E-state index is 0.0225. The highest BCUT2D eigenvalue weighted by atomic mass is 79.9. The van der Waals surface area contributed by atoms with Crippen LogP contribution in [0.5, 0.6) is 5.75 Å². The molecule has 1 N–H and O–H groups in total. The van der Waals surface area contributed by atoms with Gasteiger partial charge in [-0.25, -0.2) is 9.18 Å². The summed E-state index contributed by atoms with van der Waals surface area (Å²) >= 11 is 3.29. The van der Waals surface area contributed by atoms with Crippen LogP contribution in [-0.2, 0) is 9.53 Å². The van der Waals surface area contributed by atoms with Gasteiger partial charge in [0.15, 0.2) is 0 Å². The fraction of sp³-hybridized carbons (Fsp3) is 0.222. The van der Waals surface area contributed by atoms with Crippen molar-refractivity contribution in [3.8, 4) is 5.75 Å². The zero-order valence-electron chi connectivity index (χ0n) is 13.5. The van der Waals surface area contributed by atoms with Gasteiger partial charge in [0.1, 0.15) is 30.8 Å². The molecule has 25 heavy (non-hydrogen) atoms. The molecule has 0 saturated carbocycles. The van der Waals surface area contributed by atoms with E-state index < -0.39 is 12.0 Å². The molecular formula is C18H17BrFNO4. The van der Waals surface area contributed by atoms with E-state index in [-0.39, 0.29) is 24.9 Å². The number of rotatable bonds is 7.